The minimum atomic E-state index is -0.237. The van der Waals surface area contributed by atoms with Crippen molar-refractivity contribution in [2.45, 2.75) is 17.3 Å². The summed E-state index contributed by atoms with van der Waals surface area (Å²) in [5, 5.41) is 13.4. The summed E-state index contributed by atoms with van der Waals surface area (Å²) in [5.74, 6) is -0.239. The molecule has 2 amide bonds. The van der Waals surface area contributed by atoms with Gasteiger partial charge < -0.3 is 10.6 Å². The molecule has 3 aromatic rings. The highest BCUT2D eigenvalue weighted by Gasteiger charge is 2.16. The zero-order valence-corrected chi connectivity index (χ0v) is 16.2. The summed E-state index contributed by atoms with van der Waals surface area (Å²) in [7, 11) is 0. The Kier molecular flexibility index (Phi) is 6.56. The molecule has 0 unspecified atom stereocenters. The van der Waals surface area contributed by atoms with Crippen LogP contribution in [-0.2, 0) is 4.79 Å². The molecule has 0 aliphatic carbocycles. The van der Waals surface area contributed by atoms with Crippen molar-refractivity contribution < 1.29 is 9.59 Å². The predicted octanol–water partition coefficient (Wildman–Crippen LogP) is 3.76. The lowest BCUT2D eigenvalue weighted by Crippen LogP contribution is -2.28. The van der Waals surface area contributed by atoms with Crippen molar-refractivity contribution in [3.8, 4) is 0 Å². The SMILES string of the molecule is C[C@H](NC(=O)c1ccccc1NC(=O)CSc1nncs1)c1ccccc1. The first-order valence-electron chi connectivity index (χ1n) is 8.27. The van der Waals surface area contributed by atoms with Gasteiger partial charge in [-0.1, -0.05) is 65.6 Å². The zero-order chi connectivity index (χ0) is 19.1. The Hall–Kier alpha value is -2.71. The molecule has 0 spiro atoms. The van der Waals surface area contributed by atoms with Gasteiger partial charge in [-0.15, -0.1) is 10.2 Å². The minimum Gasteiger partial charge on any atom is -0.345 e. The van der Waals surface area contributed by atoms with Gasteiger partial charge in [0.25, 0.3) is 5.91 Å². The van der Waals surface area contributed by atoms with Crippen molar-refractivity contribution in [2.24, 2.45) is 0 Å². The van der Waals surface area contributed by atoms with Gasteiger partial charge in [-0.25, -0.2) is 0 Å². The first kappa shape index (κ1) is 19.1. The number of thioether (sulfide) groups is 1. The minimum absolute atomic E-state index is 0.143. The third kappa shape index (κ3) is 5.38. The van der Waals surface area contributed by atoms with Crippen LogP contribution in [-0.4, -0.2) is 27.8 Å². The zero-order valence-electron chi connectivity index (χ0n) is 14.6. The molecule has 27 heavy (non-hydrogen) atoms. The number of benzene rings is 2. The van der Waals surface area contributed by atoms with E-state index in [2.05, 4.69) is 20.8 Å². The van der Waals surface area contributed by atoms with Gasteiger partial charge >= 0.3 is 0 Å². The molecule has 3 rings (SSSR count). The molecule has 0 aliphatic rings. The maximum Gasteiger partial charge on any atom is 0.253 e. The average Bonchev–Trinajstić information content (AvgIpc) is 3.21. The molecule has 0 saturated heterocycles. The summed E-state index contributed by atoms with van der Waals surface area (Å²) in [6, 6.07) is 16.5. The fraction of sp³-hybridized carbons (Fsp3) is 0.158. The monoisotopic (exact) mass is 398 g/mol. The number of aromatic nitrogens is 2. The van der Waals surface area contributed by atoms with E-state index in [1.807, 2.05) is 37.3 Å². The van der Waals surface area contributed by atoms with Crippen molar-refractivity contribution in [3.63, 3.8) is 0 Å². The molecular weight excluding hydrogens is 380 g/mol. The van der Waals surface area contributed by atoms with E-state index in [-0.39, 0.29) is 23.6 Å². The van der Waals surface area contributed by atoms with Crippen molar-refractivity contribution in [3.05, 3.63) is 71.2 Å². The number of anilines is 1. The standard InChI is InChI=1S/C19H18N4O2S2/c1-13(14-7-3-2-4-8-14)21-18(25)15-9-5-6-10-16(15)22-17(24)11-26-19-23-20-12-27-19/h2-10,12-13H,11H2,1H3,(H,21,25)(H,22,24)/t13-/m0/s1. The Morgan fingerprint density at radius 2 is 1.85 bits per heavy atom. The number of nitrogens with one attached hydrogen (secondary N) is 2. The molecular formula is C19H18N4O2S2. The Bertz CT molecular complexity index is 901. The van der Waals surface area contributed by atoms with Crippen LogP contribution in [0.1, 0.15) is 28.9 Å². The maximum atomic E-state index is 12.7. The van der Waals surface area contributed by atoms with Gasteiger partial charge in [0, 0.05) is 0 Å². The van der Waals surface area contributed by atoms with Gasteiger partial charge in [-0.05, 0) is 24.6 Å². The second-order valence-electron chi connectivity index (χ2n) is 5.69. The third-order valence-corrected chi connectivity index (χ3v) is 5.62. The predicted molar refractivity (Wildman–Crippen MR) is 108 cm³/mol. The Balaban J connectivity index is 1.64. The lowest BCUT2D eigenvalue weighted by molar-refractivity contribution is -0.113. The van der Waals surface area contributed by atoms with Crippen LogP contribution in [0, 0.1) is 0 Å². The highest BCUT2D eigenvalue weighted by molar-refractivity contribution is 8.01. The molecule has 1 aromatic heterocycles. The van der Waals surface area contributed by atoms with Crippen molar-refractivity contribution in [2.75, 3.05) is 11.1 Å². The van der Waals surface area contributed by atoms with Gasteiger partial charge in [0.15, 0.2) is 4.34 Å². The summed E-state index contributed by atoms with van der Waals surface area (Å²) in [6.45, 7) is 1.92. The number of hydrogen-bond donors (Lipinski definition) is 2. The molecule has 0 radical (unpaired) electrons. The van der Waals surface area contributed by atoms with E-state index in [9.17, 15) is 9.59 Å². The van der Waals surface area contributed by atoms with Crippen LogP contribution < -0.4 is 10.6 Å². The van der Waals surface area contributed by atoms with E-state index in [4.69, 9.17) is 0 Å². The number of amides is 2. The van der Waals surface area contributed by atoms with Gasteiger partial charge in [0.2, 0.25) is 5.91 Å². The van der Waals surface area contributed by atoms with E-state index >= 15 is 0 Å². The molecule has 1 atom stereocenters. The number of rotatable bonds is 7. The van der Waals surface area contributed by atoms with Gasteiger partial charge in [0.05, 0.1) is 23.0 Å². The van der Waals surface area contributed by atoms with Crippen LogP contribution in [0.5, 0.6) is 0 Å². The molecule has 6 nitrogen and oxygen atoms in total. The second-order valence-corrected chi connectivity index (χ2v) is 7.75. The topological polar surface area (TPSA) is 84.0 Å². The first-order valence-corrected chi connectivity index (χ1v) is 10.1. The molecule has 0 saturated carbocycles. The Morgan fingerprint density at radius 3 is 2.59 bits per heavy atom. The van der Waals surface area contributed by atoms with Crippen LogP contribution in [0.15, 0.2) is 64.4 Å². The molecule has 0 fully saturated rings. The summed E-state index contributed by atoms with van der Waals surface area (Å²) >= 11 is 2.69. The largest absolute Gasteiger partial charge is 0.345 e. The summed E-state index contributed by atoms with van der Waals surface area (Å²) < 4.78 is 0.730. The Labute approximate surface area is 165 Å². The fourth-order valence-corrected chi connectivity index (χ4v) is 3.72. The molecule has 0 aliphatic heterocycles. The third-order valence-electron chi connectivity index (χ3n) is 3.76. The molecule has 1 heterocycles. The van der Waals surface area contributed by atoms with Crippen molar-refractivity contribution in [1.82, 2.24) is 15.5 Å². The lowest BCUT2D eigenvalue weighted by atomic mass is 10.1. The van der Waals surface area contributed by atoms with Gasteiger partial charge in [-0.3, -0.25) is 9.59 Å². The number of carbonyl (C=O) groups is 2. The smallest absolute Gasteiger partial charge is 0.253 e. The van der Waals surface area contributed by atoms with E-state index in [1.54, 1.807) is 29.8 Å². The van der Waals surface area contributed by atoms with E-state index in [0.717, 1.165) is 9.90 Å². The normalized spacial score (nSPS) is 11.6. The van der Waals surface area contributed by atoms with Crippen molar-refractivity contribution >= 4 is 40.6 Å². The highest BCUT2D eigenvalue weighted by atomic mass is 32.2. The van der Waals surface area contributed by atoms with E-state index < -0.39 is 0 Å². The summed E-state index contributed by atoms with van der Waals surface area (Å²) in [4.78, 5) is 24.9. The van der Waals surface area contributed by atoms with Crippen LogP contribution in [0.25, 0.3) is 0 Å². The van der Waals surface area contributed by atoms with Crippen LogP contribution >= 0.6 is 23.1 Å². The van der Waals surface area contributed by atoms with E-state index in [1.165, 1.54) is 23.1 Å². The summed E-state index contributed by atoms with van der Waals surface area (Å²) in [5.41, 5.74) is 3.54. The fourth-order valence-electron chi connectivity index (χ4n) is 2.43. The first-order chi connectivity index (χ1) is 13.1. The number of para-hydroxylation sites is 1. The van der Waals surface area contributed by atoms with Crippen molar-refractivity contribution in [1.29, 1.82) is 0 Å². The maximum absolute atomic E-state index is 12.7. The second kappa shape index (κ2) is 9.29. The average molecular weight is 399 g/mol. The van der Waals surface area contributed by atoms with Gasteiger partial charge in [-0.2, -0.15) is 0 Å². The van der Waals surface area contributed by atoms with Crippen LogP contribution in [0.2, 0.25) is 0 Å². The van der Waals surface area contributed by atoms with Crippen LogP contribution in [0.4, 0.5) is 5.69 Å². The number of hydrogen-bond acceptors (Lipinski definition) is 6. The number of nitrogens with zero attached hydrogens (tertiary/aromatic N) is 2. The molecule has 2 aromatic carbocycles. The quantitative estimate of drug-likeness (QED) is 0.592. The number of carbonyl (C=O) groups excluding carboxylic acids is 2. The van der Waals surface area contributed by atoms with Gasteiger partial charge in [0.1, 0.15) is 5.51 Å². The Morgan fingerprint density at radius 1 is 1.11 bits per heavy atom. The van der Waals surface area contributed by atoms with E-state index in [0.29, 0.717) is 11.3 Å². The highest BCUT2D eigenvalue weighted by Crippen LogP contribution is 2.21. The lowest BCUT2D eigenvalue weighted by Gasteiger charge is -2.16. The molecule has 138 valence electrons. The van der Waals surface area contributed by atoms with Crippen LogP contribution in [0.3, 0.4) is 0 Å². The molecule has 0 bridgehead atoms. The summed E-state index contributed by atoms with van der Waals surface area (Å²) in [6.07, 6.45) is 0. The molecule has 8 heteroatoms. The molecule has 2 N–H and O–H groups in total.